The van der Waals surface area contributed by atoms with Gasteiger partial charge < -0.3 is 24.4 Å². The van der Waals surface area contributed by atoms with Crippen LogP contribution in [-0.2, 0) is 16.1 Å². The molecule has 0 unspecified atom stereocenters. The Morgan fingerprint density at radius 1 is 1.12 bits per heavy atom. The first-order valence-corrected chi connectivity index (χ1v) is 11.9. The van der Waals surface area contributed by atoms with Gasteiger partial charge in [0.15, 0.2) is 0 Å². The van der Waals surface area contributed by atoms with Crippen LogP contribution in [0.2, 0.25) is 0 Å². The molecule has 1 saturated carbocycles. The molecule has 0 radical (unpaired) electrons. The zero-order valence-electron chi connectivity index (χ0n) is 19.3. The van der Waals surface area contributed by atoms with Crippen LogP contribution >= 0.6 is 0 Å². The first-order valence-electron chi connectivity index (χ1n) is 11.9. The number of nitrogens with one attached hydrogen (secondary N) is 1. The standard InChI is InChI=1S/C24H35N5O3/c1-3-27-9-11-28(12-10-27)24(31)20-15-19(26-23(30)18-7-5-4-6-8-18)16-21-22(20)29(17-25-21)13-14-32-2/h15-18H,3-14H2,1-2H3,(H,26,30). The third kappa shape index (κ3) is 4.96. The van der Waals surface area contributed by atoms with Crippen LogP contribution in [0.4, 0.5) is 5.69 Å². The molecule has 1 N–H and O–H groups in total. The Hall–Kier alpha value is -2.45. The van der Waals surface area contributed by atoms with Gasteiger partial charge in [-0.15, -0.1) is 0 Å². The van der Waals surface area contributed by atoms with E-state index in [1.54, 1.807) is 13.4 Å². The summed E-state index contributed by atoms with van der Waals surface area (Å²) in [4.78, 5) is 35.3. The average Bonchev–Trinajstić information content (AvgIpc) is 3.25. The summed E-state index contributed by atoms with van der Waals surface area (Å²) in [6, 6.07) is 3.72. The number of rotatable bonds is 7. The Morgan fingerprint density at radius 3 is 2.56 bits per heavy atom. The molecule has 1 aromatic carbocycles. The summed E-state index contributed by atoms with van der Waals surface area (Å²) in [5.74, 6) is 0.108. The largest absolute Gasteiger partial charge is 0.383 e. The Bertz CT molecular complexity index is 943. The van der Waals surface area contributed by atoms with Gasteiger partial charge in [0, 0.05) is 51.4 Å². The lowest BCUT2D eigenvalue weighted by Crippen LogP contribution is -2.48. The maximum Gasteiger partial charge on any atom is 0.256 e. The maximum absolute atomic E-state index is 13.6. The van der Waals surface area contributed by atoms with Crippen LogP contribution in [0.1, 0.15) is 49.4 Å². The summed E-state index contributed by atoms with van der Waals surface area (Å²) >= 11 is 0. The highest BCUT2D eigenvalue weighted by molar-refractivity contribution is 6.07. The number of benzene rings is 1. The number of piperazine rings is 1. The van der Waals surface area contributed by atoms with E-state index in [9.17, 15) is 9.59 Å². The quantitative estimate of drug-likeness (QED) is 0.715. The summed E-state index contributed by atoms with van der Waals surface area (Å²) in [6.45, 7) is 7.47. The van der Waals surface area contributed by atoms with E-state index in [0.717, 1.165) is 56.4 Å². The molecule has 2 fully saturated rings. The first kappa shape index (κ1) is 22.7. The molecule has 8 nitrogen and oxygen atoms in total. The zero-order chi connectivity index (χ0) is 22.5. The minimum Gasteiger partial charge on any atom is -0.383 e. The number of amides is 2. The summed E-state index contributed by atoms with van der Waals surface area (Å²) in [6.07, 6.45) is 7.05. The number of aromatic nitrogens is 2. The van der Waals surface area contributed by atoms with Gasteiger partial charge >= 0.3 is 0 Å². The minimum atomic E-state index is -0.00122. The molecule has 0 atom stereocenters. The van der Waals surface area contributed by atoms with E-state index in [2.05, 4.69) is 22.1 Å². The number of likely N-dealkylation sites (N-methyl/N-ethyl adjacent to an activating group) is 1. The molecule has 8 heteroatoms. The van der Waals surface area contributed by atoms with E-state index in [4.69, 9.17) is 4.74 Å². The van der Waals surface area contributed by atoms with E-state index >= 15 is 0 Å². The van der Waals surface area contributed by atoms with Crippen LogP contribution in [0.25, 0.3) is 11.0 Å². The van der Waals surface area contributed by atoms with Crippen LogP contribution in [0.15, 0.2) is 18.5 Å². The monoisotopic (exact) mass is 441 g/mol. The molecule has 2 amide bonds. The van der Waals surface area contributed by atoms with Crippen molar-refractivity contribution in [3.63, 3.8) is 0 Å². The fourth-order valence-corrected chi connectivity index (χ4v) is 4.85. The molecule has 32 heavy (non-hydrogen) atoms. The molecule has 4 rings (SSSR count). The van der Waals surface area contributed by atoms with E-state index in [-0.39, 0.29) is 17.7 Å². The van der Waals surface area contributed by atoms with Gasteiger partial charge in [-0.2, -0.15) is 0 Å². The van der Waals surface area contributed by atoms with Crippen molar-refractivity contribution in [2.75, 3.05) is 51.8 Å². The number of carbonyl (C=O) groups excluding carboxylic acids is 2. The van der Waals surface area contributed by atoms with Crippen LogP contribution in [0, 0.1) is 5.92 Å². The molecule has 0 spiro atoms. The third-order valence-electron chi connectivity index (χ3n) is 6.83. The van der Waals surface area contributed by atoms with Crippen molar-refractivity contribution in [3.8, 4) is 0 Å². The Balaban J connectivity index is 1.63. The van der Waals surface area contributed by atoms with Crippen molar-refractivity contribution >= 4 is 28.5 Å². The molecule has 0 bridgehead atoms. The molecule has 1 aliphatic carbocycles. The van der Waals surface area contributed by atoms with Gasteiger partial charge in [-0.3, -0.25) is 9.59 Å². The van der Waals surface area contributed by atoms with Crippen molar-refractivity contribution in [2.45, 2.75) is 45.6 Å². The lowest BCUT2D eigenvalue weighted by Gasteiger charge is -2.34. The van der Waals surface area contributed by atoms with Gasteiger partial charge in [-0.25, -0.2) is 4.98 Å². The maximum atomic E-state index is 13.6. The fourth-order valence-electron chi connectivity index (χ4n) is 4.85. The van der Waals surface area contributed by atoms with Gasteiger partial charge in [0.05, 0.1) is 29.5 Å². The topological polar surface area (TPSA) is 79.7 Å². The zero-order valence-corrected chi connectivity index (χ0v) is 19.3. The molecule has 1 saturated heterocycles. The summed E-state index contributed by atoms with van der Waals surface area (Å²) in [7, 11) is 1.66. The van der Waals surface area contributed by atoms with Crippen molar-refractivity contribution in [1.82, 2.24) is 19.4 Å². The highest BCUT2D eigenvalue weighted by Gasteiger charge is 2.26. The van der Waals surface area contributed by atoms with Gasteiger partial charge in [-0.05, 0) is 31.5 Å². The normalized spacial score (nSPS) is 18.2. The fraction of sp³-hybridized carbons (Fsp3) is 0.625. The molecule has 1 aromatic heterocycles. The van der Waals surface area contributed by atoms with Gasteiger partial charge in [0.2, 0.25) is 5.91 Å². The van der Waals surface area contributed by atoms with Gasteiger partial charge in [0.1, 0.15) is 0 Å². The SMILES string of the molecule is CCN1CCN(C(=O)c2cc(NC(=O)C3CCCCC3)cc3ncn(CCOC)c23)CC1. The summed E-state index contributed by atoms with van der Waals surface area (Å²) in [5, 5.41) is 3.08. The number of fused-ring (bicyclic) bond motifs is 1. The molecule has 1 aliphatic heterocycles. The van der Waals surface area contributed by atoms with Gasteiger partial charge in [-0.1, -0.05) is 26.2 Å². The minimum absolute atomic E-state index is 0.00122. The second kappa shape index (κ2) is 10.4. The lowest BCUT2D eigenvalue weighted by atomic mass is 9.88. The summed E-state index contributed by atoms with van der Waals surface area (Å²) < 4.78 is 7.22. The lowest BCUT2D eigenvalue weighted by molar-refractivity contribution is -0.120. The number of anilines is 1. The smallest absolute Gasteiger partial charge is 0.256 e. The number of imidazole rings is 1. The molecular formula is C24H35N5O3. The van der Waals surface area contributed by atoms with E-state index < -0.39 is 0 Å². The van der Waals surface area contributed by atoms with Crippen molar-refractivity contribution < 1.29 is 14.3 Å². The predicted octanol–water partition coefficient (Wildman–Crippen LogP) is 2.98. The molecule has 174 valence electrons. The summed E-state index contributed by atoms with van der Waals surface area (Å²) in [5.41, 5.74) is 2.78. The number of methoxy groups -OCH3 is 1. The predicted molar refractivity (Wildman–Crippen MR) is 125 cm³/mol. The van der Waals surface area contributed by atoms with E-state index in [1.807, 2.05) is 21.6 Å². The highest BCUT2D eigenvalue weighted by atomic mass is 16.5. The van der Waals surface area contributed by atoms with Crippen LogP contribution < -0.4 is 5.32 Å². The average molecular weight is 442 g/mol. The highest BCUT2D eigenvalue weighted by Crippen LogP contribution is 2.28. The molecule has 2 heterocycles. The van der Waals surface area contributed by atoms with Crippen LogP contribution in [0.5, 0.6) is 0 Å². The van der Waals surface area contributed by atoms with Crippen molar-refractivity contribution in [1.29, 1.82) is 0 Å². The third-order valence-corrected chi connectivity index (χ3v) is 6.83. The molecule has 2 aromatic rings. The number of carbonyl (C=O) groups is 2. The molecular weight excluding hydrogens is 406 g/mol. The van der Waals surface area contributed by atoms with Crippen molar-refractivity contribution in [3.05, 3.63) is 24.0 Å². The van der Waals surface area contributed by atoms with Gasteiger partial charge in [0.25, 0.3) is 5.91 Å². The second-order valence-corrected chi connectivity index (χ2v) is 8.87. The molecule has 2 aliphatic rings. The Morgan fingerprint density at radius 2 is 1.88 bits per heavy atom. The van der Waals surface area contributed by atoms with E-state index in [0.29, 0.717) is 37.5 Å². The van der Waals surface area contributed by atoms with Crippen molar-refractivity contribution in [2.24, 2.45) is 5.92 Å². The Kier molecular flexibility index (Phi) is 7.42. The number of hydrogen-bond donors (Lipinski definition) is 1. The van der Waals surface area contributed by atoms with Crippen LogP contribution in [0.3, 0.4) is 0 Å². The number of ether oxygens (including phenoxy) is 1. The van der Waals surface area contributed by atoms with Crippen LogP contribution in [-0.4, -0.2) is 77.6 Å². The Labute approximate surface area is 189 Å². The second-order valence-electron chi connectivity index (χ2n) is 8.87. The van der Waals surface area contributed by atoms with E-state index in [1.165, 1.54) is 6.42 Å². The number of nitrogens with zero attached hydrogens (tertiary/aromatic N) is 4. The first-order chi connectivity index (χ1) is 15.6. The number of hydrogen-bond acceptors (Lipinski definition) is 5.